The van der Waals surface area contributed by atoms with E-state index in [-0.39, 0.29) is 0 Å². The van der Waals surface area contributed by atoms with Crippen LogP contribution in [0.15, 0.2) is 34.9 Å². The molecule has 1 aromatic heterocycles. The minimum Gasteiger partial charge on any atom is -0.387 e. The number of aliphatic hydroxyl groups excluding tert-OH is 1. The normalized spacial score (nSPS) is 18.4. The highest BCUT2D eigenvalue weighted by atomic mass is 16.5. The smallest absolute Gasteiger partial charge is 0.226 e. The van der Waals surface area contributed by atoms with Gasteiger partial charge in [-0.25, -0.2) is 0 Å². The van der Waals surface area contributed by atoms with Gasteiger partial charge >= 0.3 is 0 Å². The van der Waals surface area contributed by atoms with Crippen LogP contribution in [-0.2, 0) is 13.0 Å². The highest BCUT2D eigenvalue weighted by molar-refractivity contribution is 5.17. The summed E-state index contributed by atoms with van der Waals surface area (Å²) in [6.45, 7) is 7.36. The Labute approximate surface area is 143 Å². The predicted molar refractivity (Wildman–Crippen MR) is 91.4 cm³/mol. The van der Waals surface area contributed by atoms with E-state index in [1.807, 2.05) is 37.3 Å². The van der Waals surface area contributed by atoms with E-state index in [0.717, 1.165) is 57.0 Å². The molecule has 1 N–H and O–H groups in total. The molecule has 0 saturated carbocycles. The summed E-state index contributed by atoms with van der Waals surface area (Å²) in [4.78, 5) is 9.09. The Morgan fingerprint density at radius 1 is 1.12 bits per heavy atom. The number of aryl methyl sites for hydroxylation is 1. The first-order chi connectivity index (χ1) is 11.7. The molecule has 2 heterocycles. The molecule has 1 fully saturated rings. The maximum atomic E-state index is 10.4. The van der Waals surface area contributed by atoms with Crippen LogP contribution < -0.4 is 0 Å². The first kappa shape index (κ1) is 17.1. The SMILES string of the molecule is CCc1nc(CN2CCCN(CC(O)c3ccccc3)CC2)no1. The molecule has 130 valence electrons. The van der Waals surface area contributed by atoms with Gasteiger partial charge < -0.3 is 9.63 Å². The van der Waals surface area contributed by atoms with Crippen LogP contribution in [0.5, 0.6) is 0 Å². The topological polar surface area (TPSA) is 65.6 Å². The van der Waals surface area contributed by atoms with Crippen molar-refractivity contribution in [1.29, 1.82) is 0 Å². The summed E-state index contributed by atoms with van der Waals surface area (Å²) in [5.74, 6) is 1.47. The number of β-amino-alcohol motifs (C(OH)–C–C–N with tert-alkyl or cyclic N) is 1. The number of nitrogens with zero attached hydrogens (tertiary/aromatic N) is 4. The summed E-state index contributed by atoms with van der Waals surface area (Å²) in [5.41, 5.74) is 0.984. The lowest BCUT2D eigenvalue weighted by Gasteiger charge is -2.23. The molecule has 1 atom stereocenters. The van der Waals surface area contributed by atoms with Gasteiger partial charge in [0.25, 0.3) is 0 Å². The van der Waals surface area contributed by atoms with Crippen LogP contribution in [0.2, 0.25) is 0 Å². The zero-order valence-corrected chi connectivity index (χ0v) is 14.3. The second-order valence-electron chi connectivity index (χ2n) is 6.31. The fourth-order valence-corrected chi connectivity index (χ4v) is 3.09. The number of aromatic nitrogens is 2. The highest BCUT2D eigenvalue weighted by Gasteiger charge is 2.19. The molecule has 3 rings (SSSR count). The molecule has 1 aliphatic heterocycles. The molecule has 0 spiro atoms. The van der Waals surface area contributed by atoms with E-state index in [0.29, 0.717) is 12.4 Å². The van der Waals surface area contributed by atoms with E-state index in [1.54, 1.807) is 0 Å². The fraction of sp³-hybridized carbons (Fsp3) is 0.556. The van der Waals surface area contributed by atoms with Gasteiger partial charge in [0.1, 0.15) is 0 Å². The third-order valence-corrected chi connectivity index (χ3v) is 4.47. The minimum absolute atomic E-state index is 0.429. The lowest BCUT2D eigenvalue weighted by molar-refractivity contribution is 0.114. The first-order valence-corrected chi connectivity index (χ1v) is 8.73. The Morgan fingerprint density at radius 3 is 2.62 bits per heavy atom. The van der Waals surface area contributed by atoms with E-state index in [9.17, 15) is 5.11 Å². The highest BCUT2D eigenvalue weighted by Crippen LogP contribution is 2.15. The number of rotatable bonds is 6. The van der Waals surface area contributed by atoms with Crippen LogP contribution in [0.1, 0.15) is 36.7 Å². The van der Waals surface area contributed by atoms with Crippen molar-refractivity contribution in [3.05, 3.63) is 47.6 Å². The maximum Gasteiger partial charge on any atom is 0.226 e. The van der Waals surface area contributed by atoms with Gasteiger partial charge in [-0.2, -0.15) is 4.98 Å². The Morgan fingerprint density at radius 2 is 1.88 bits per heavy atom. The molecule has 0 bridgehead atoms. The molecule has 1 saturated heterocycles. The molecular formula is C18H26N4O2. The third-order valence-electron chi connectivity index (χ3n) is 4.47. The van der Waals surface area contributed by atoms with Crippen molar-refractivity contribution < 1.29 is 9.63 Å². The maximum absolute atomic E-state index is 10.4. The van der Waals surface area contributed by atoms with E-state index >= 15 is 0 Å². The predicted octanol–water partition coefficient (Wildman–Crippen LogP) is 1.87. The lowest BCUT2D eigenvalue weighted by Crippen LogP contribution is -2.33. The number of aliphatic hydroxyl groups is 1. The van der Waals surface area contributed by atoms with Gasteiger partial charge in [0.15, 0.2) is 5.82 Å². The van der Waals surface area contributed by atoms with Gasteiger partial charge in [-0.3, -0.25) is 9.80 Å². The lowest BCUT2D eigenvalue weighted by atomic mass is 10.1. The van der Waals surface area contributed by atoms with Gasteiger partial charge in [-0.05, 0) is 25.1 Å². The summed E-state index contributed by atoms with van der Waals surface area (Å²) in [7, 11) is 0. The second-order valence-corrected chi connectivity index (χ2v) is 6.31. The minimum atomic E-state index is -0.429. The average molecular weight is 330 g/mol. The molecule has 1 unspecified atom stereocenters. The summed E-state index contributed by atoms with van der Waals surface area (Å²) in [6, 6.07) is 9.88. The Bertz CT molecular complexity index is 616. The summed E-state index contributed by atoms with van der Waals surface area (Å²) in [6.07, 6.45) is 1.43. The number of hydrogen-bond donors (Lipinski definition) is 1. The van der Waals surface area contributed by atoms with Crippen molar-refractivity contribution in [1.82, 2.24) is 19.9 Å². The Balaban J connectivity index is 1.49. The summed E-state index contributed by atoms with van der Waals surface area (Å²) in [5, 5.41) is 14.4. The van der Waals surface area contributed by atoms with E-state index < -0.39 is 6.10 Å². The monoisotopic (exact) mass is 330 g/mol. The van der Waals surface area contributed by atoms with Crippen molar-refractivity contribution >= 4 is 0 Å². The molecule has 0 amide bonds. The third kappa shape index (κ3) is 4.63. The van der Waals surface area contributed by atoms with Gasteiger partial charge in [0, 0.05) is 26.1 Å². The average Bonchev–Trinajstić information content (AvgIpc) is 2.96. The van der Waals surface area contributed by atoms with Gasteiger partial charge in [-0.1, -0.05) is 42.4 Å². The van der Waals surface area contributed by atoms with Crippen molar-refractivity contribution in [2.45, 2.75) is 32.4 Å². The number of hydrogen-bond acceptors (Lipinski definition) is 6. The molecule has 6 nitrogen and oxygen atoms in total. The van der Waals surface area contributed by atoms with Crippen LogP contribution in [0.3, 0.4) is 0 Å². The molecular weight excluding hydrogens is 304 g/mol. The van der Waals surface area contributed by atoms with E-state index in [4.69, 9.17) is 4.52 Å². The standard InChI is InChI=1S/C18H26N4O2/c1-2-18-19-17(20-24-18)14-22-10-6-9-21(11-12-22)13-16(23)15-7-4-3-5-8-15/h3-5,7-8,16,23H,2,6,9-14H2,1H3. The fourth-order valence-electron chi connectivity index (χ4n) is 3.09. The van der Waals surface area contributed by atoms with Gasteiger partial charge in [0.05, 0.1) is 12.6 Å². The molecule has 0 radical (unpaired) electrons. The van der Waals surface area contributed by atoms with Crippen molar-refractivity contribution in [2.75, 3.05) is 32.7 Å². The van der Waals surface area contributed by atoms with Crippen LogP contribution >= 0.6 is 0 Å². The van der Waals surface area contributed by atoms with Crippen LogP contribution in [0.25, 0.3) is 0 Å². The molecule has 1 aliphatic rings. The van der Waals surface area contributed by atoms with Crippen molar-refractivity contribution in [2.24, 2.45) is 0 Å². The second kappa shape index (κ2) is 8.37. The Hall–Kier alpha value is -1.76. The van der Waals surface area contributed by atoms with Crippen LogP contribution in [0.4, 0.5) is 0 Å². The zero-order chi connectivity index (χ0) is 16.8. The molecule has 1 aromatic carbocycles. The largest absolute Gasteiger partial charge is 0.387 e. The molecule has 0 aliphatic carbocycles. The molecule has 24 heavy (non-hydrogen) atoms. The van der Waals surface area contributed by atoms with Gasteiger partial charge in [-0.15, -0.1) is 0 Å². The summed E-state index contributed by atoms with van der Waals surface area (Å²) >= 11 is 0. The van der Waals surface area contributed by atoms with Gasteiger partial charge in [0.2, 0.25) is 5.89 Å². The van der Waals surface area contributed by atoms with Crippen molar-refractivity contribution in [3.63, 3.8) is 0 Å². The molecule has 2 aromatic rings. The number of benzene rings is 1. The quantitative estimate of drug-likeness (QED) is 0.872. The van der Waals surface area contributed by atoms with Crippen LogP contribution in [-0.4, -0.2) is 57.8 Å². The molecule has 6 heteroatoms. The van der Waals surface area contributed by atoms with E-state index in [2.05, 4.69) is 19.9 Å². The zero-order valence-electron chi connectivity index (χ0n) is 14.3. The summed E-state index contributed by atoms with van der Waals surface area (Å²) < 4.78 is 5.18. The van der Waals surface area contributed by atoms with Crippen LogP contribution in [0, 0.1) is 0 Å². The first-order valence-electron chi connectivity index (χ1n) is 8.73. The van der Waals surface area contributed by atoms with Crippen molar-refractivity contribution in [3.8, 4) is 0 Å². The Kier molecular flexibility index (Phi) is 5.96. The van der Waals surface area contributed by atoms with E-state index in [1.165, 1.54) is 0 Å².